The van der Waals surface area contributed by atoms with Crippen molar-refractivity contribution in [3.8, 4) is 0 Å². The minimum atomic E-state index is -2.83. The Morgan fingerprint density at radius 1 is 1.20 bits per heavy atom. The topological polar surface area (TPSA) is 17.1 Å². The summed E-state index contributed by atoms with van der Waals surface area (Å²) in [6, 6.07) is 0. The van der Waals surface area contributed by atoms with Crippen LogP contribution in [0, 0.1) is 0 Å². The molecule has 0 fully saturated rings. The second-order valence-electron chi connectivity index (χ2n) is 3.02. The maximum Gasteiger partial charge on any atom is 0.241 e. The predicted octanol–water partition coefficient (Wildman–Crippen LogP) is 3.38. The number of thioether (sulfide) groups is 1. The van der Waals surface area contributed by atoms with Gasteiger partial charge in [0, 0.05) is 18.6 Å². The summed E-state index contributed by atoms with van der Waals surface area (Å²) in [7, 11) is 0. The average molecular weight is 246 g/mol. The monoisotopic (exact) mass is 246 g/mol. The zero-order valence-electron chi connectivity index (χ0n) is 8.39. The molecule has 0 spiro atoms. The largest absolute Gasteiger partial charge is 0.287 e. The summed E-state index contributed by atoms with van der Waals surface area (Å²) in [5.41, 5.74) is 0. The molecule has 0 saturated carbocycles. The summed E-state index contributed by atoms with van der Waals surface area (Å²) in [4.78, 5) is 10.8. The van der Waals surface area contributed by atoms with Crippen molar-refractivity contribution < 1.29 is 22.4 Å². The molecular weight excluding hydrogens is 232 g/mol. The van der Waals surface area contributed by atoms with E-state index in [9.17, 15) is 22.4 Å². The molecule has 0 aliphatic rings. The van der Waals surface area contributed by atoms with Crippen molar-refractivity contribution in [3.63, 3.8) is 0 Å². The number of hydrogen-bond donors (Lipinski definition) is 0. The molecule has 0 aromatic rings. The van der Waals surface area contributed by atoms with Crippen molar-refractivity contribution in [1.29, 1.82) is 0 Å². The van der Waals surface area contributed by atoms with Crippen LogP contribution in [-0.2, 0) is 4.79 Å². The third kappa shape index (κ3) is 7.64. The van der Waals surface area contributed by atoms with Gasteiger partial charge in [-0.05, 0) is 6.42 Å². The van der Waals surface area contributed by atoms with Crippen molar-refractivity contribution in [2.24, 2.45) is 0 Å². The van der Waals surface area contributed by atoms with Gasteiger partial charge in [0.15, 0.2) is 5.12 Å². The van der Waals surface area contributed by atoms with E-state index >= 15 is 0 Å². The summed E-state index contributed by atoms with van der Waals surface area (Å²) in [6.07, 6.45) is -7.82. The summed E-state index contributed by atoms with van der Waals surface area (Å²) in [6.45, 7) is 1.66. The van der Waals surface area contributed by atoms with E-state index in [0.29, 0.717) is 6.42 Å². The van der Waals surface area contributed by atoms with Crippen LogP contribution in [0.5, 0.6) is 0 Å². The fourth-order valence-corrected chi connectivity index (χ4v) is 1.66. The molecular formula is C9H14F4OS. The quantitative estimate of drug-likeness (QED) is 0.640. The third-order valence-corrected chi connectivity index (χ3v) is 2.79. The lowest BCUT2D eigenvalue weighted by atomic mass is 10.1. The van der Waals surface area contributed by atoms with Gasteiger partial charge in [-0.3, -0.25) is 4.79 Å². The first kappa shape index (κ1) is 14.7. The lowest BCUT2D eigenvalue weighted by molar-refractivity contribution is -0.110. The lowest BCUT2D eigenvalue weighted by Crippen LogP contribution is -2.21. The second-order valence-corrected chi connectivity index (χ2v) is 4.17. The van der Waals surface area contributed by atoms with Gasteiger partial charge < -0.3 is 0 Å². The number of alkyl halides is 4. The summed E-state index contributed by atoms with van der Waals surface area (Å²) in [5, 5.41) is -0.105. The van der Waals surface area contributed by atoms with E-state index in [2.05, 4.69) is 0 Å². The van der Waals surface area contributed by atoms with Gasteiger partial charge in [-0.25, -0.2) is 17.6 Å². The molecule has 0 aromatic carbocycles. The molecule has 6 heteroatoms. The van der Waals surface area contributed by atoms with Gasteiger partial charge in [0.25, 0.3) is 0 Å². The molecule has 0 amide bonds. The summed E-state index contributed by atoms with van der Waals surface area (Å²) < 4.78 is 49.0. The zero-order valence-corrected chi connectivity index (χ0v) is 9.21. The predicted molar refractivity (Wildman–Crippen MR) is 52.8 cm³/mol. The van der Waals surface area contributed by atoms with Crippen LogP contribution in [0.3, 0.4) is 0 Å². The molecule has 1 nitrogen and oxygen atoms in total. The van der Waals surface area contributed by atoms with E-state index in [1.807, 2.05) is 0 Å². The average Bonchev–Trinajstić information content (AvgIpc) is 2.16. The molecule has 0 heterocycles. The third-order valence-electron chi connectivity index (χ3n) is 1.74. The molecule has 90 valence electrons. The van der Waals surface area contributed by atoms with Gasteiger partial charge in [-0.1, -0.05) is 18.7 Å². The highest BCUT2D eigenvalue weighted by Gasteiger charge is 2.24. The van der Waals surface area contributed by atoms with Crippen molar-refractivity contribution >= 4 is 16.9 Å². The van der Waals surface area contributed by atoms with E-state index < -0.39 is 25.2 Å². The summed E-state index contributed by atoms with van der Waals surface area (Å²) >= 11 is 0.908. The Bertz CT molecular complexity index is 189. The van der Waals surface area contributed by atoms with Crippen LogP contribution in [0.1, 0.15) is 26.2 Å². The SMILES string of the molecule is CCC(=O)SCCC(F)C(F)CC(F)F. The van der Waals surface area contributed by atoms with E-state index in [-0.39, 0.29) is 17.3 Å². The van der Waals surface area contributed by atoms with E-state index in [1.165, 1.54) is 0 Å². The molecule has 0 rings (SSSR count). The Hall–Kier alpha value is -0.260. The van der Waals surface area contributed by atoms with Crippen LogP contribution in [0.25, 0.3) is 0 Å². The minimum Gasteiger partial charge on any atom is -0.287 e. The highest BCUT2D eigenvalue weighted by Crippen LogP contribution is 2.18. The van der Waals surface area contributed by atoms with E-state index in [1.54, 1.807) is 6.92 Å². The second kappa shape index (κ2) is 7.96. The number of rotatable bonds is 7. The maximum absolute atomic E-state index is 12.9. The molecule has 0 aliphatic heterocycles. The Balaban J connectivity index is 3.63. The molecule has 0 saturated heterocycles. The van der Waals surface area contributed by atoms with Gasteiger partial charge in [-0.15, -0.1) is 0 Å². The molecule has 2 atom stereocenters. The van der Waals surface area contributed by atoms with Crippen LogP contribution in [0.4, 0.5) is 17.6 Å². The Morgan fingerprint density at radius 3 is 2.27 bits per heavy atom. The van der Waals surface area contributed by atoms with Crippen LogP contribution < -0.4 is 0 Å². The molecule has 15 heavy (non-hydrogen) atoms. The molecule has 0 aromatic heterocycles. The van der Waals surface area contributed by atoms with Gasteiger partial charge in [0.1, 0.15) is 12.3 Å². The van der Waals surface area contributed by atoms with Crippen molar-refractivity contribution in [3.05, 3.63) is 0 Å². The van der Waals surface area contributed by atoms with Crippen molar-refractivity contribution in [2.45, 2.75) is 45.0 Å². The Labute approximate surface area is 90.6 Å². The van der Waals surface area contributed by atoms with Gasteiger partial charge in [-0.2, -0.15) is 0 Å². The smallest absolute Gasteiger partial charge is 0.241 e. The first-order valence-electron chi connectivity index (χ1n) is 4.69. The fourth-order valence-electron chi connectivity index (χ4n) is 0.886. The van der Waals surface area contributed by atoms with E-state index in [0.717, 1.165) is 11.8 Å². The van der Waals surface area contributed by atoms with Crippen molar-refractivity contribution in [2.75, 3.05) is 5.75 Å². The maximum atomic E-state index is 12.9. The fraction of sp³-hybridized carbons (Fsp3) is 0.889. The van der Waals surface area contributed by atoms with E-state index in [4.69, 9.17) is 0 Å². The van der Waals surface area contributed by atoms with Crippen LogP contribution in [0.15, 0.2) is 0 Å². The Kier molecular flexibility index (Phi) is 7.82. The number of carbonyl (C=O) groups excluding carboxylic acids is 1. The highest BCUT2D eigenvalue weighted by molar-refractivity contribution is 8.13. The lowest BCUT2D eigenvalue weighted by Gasteiger charge is -2.12. The van der Waals surface area contributed by atoms with Gasteiger partial charge >= 0.3 is 0 Å². The number of hydrogen-bond acceptors (Lipinski definition) is 2. The van der Waals surface area contributed by atoms with Crippen LogP contribution >= 0.6 is 11.8 Å². The van der Waals surface area contributed by atoms with Crippen LogP contribution in [0.2, 0.25) is 0 Å². The normalized spacial score (nSPS) is 15.3. The van der Waals surface area contributed by atoms with Gasteiger partial charge in [0.2, 0.25) is 6.43 Å². The van der Waals surface area contributed by atoms with Gasteiger partial charge in [0.05, 0.1) is 0 Å². The summed E-state index contributed by atoms with van der Waals surface area (Å²) in [5.74, 6) is 0.136. The zero-order chi connectivity index (χ0) is 11.8. The van der Waals surface area contributed by atoms with Crippen LogP contribution in [-0.4, -0.2) is 29.6 Å². The first-order chi connectivity index (χ1) is 6.97. The van der Waals surface area contributed by atoms with Crippen molar-refractivity contribution in [1.82, 2.24) is 0 Å². The Morgan fingerprint density at radius 2 is 1.80 bits per heavy atom. The minimum absolute atomic E-state index is 0.105. The number of carbonyl (C=O) groups is 1. The molecule has 0 radical (unpaired) electrons. The standard InChI is InChI=1S/C9H14F4OS/c1-2-9(14)15-4-3-6(10)7(11)5-8(12)13/h6-8H,2-5H2,1H3. The first-order valence-corrected chi connectivity index (χ1v) is 5.67. The molecule has 2 unspecified atom stereocenters. The molecule has 0 bridgehead atoms. The molecule has 0 aliphatic carbocycles. The number of halogens is 4. The highest BCUT2D eigenvalue weighted by atomic mass is 32.2. The molecule has 0 N–H and O–H groups in total.